The minimum absolute atomic E-state index is 0.829. The van der Waals surface area contributed by atoms with Gasteiger partial charge < -0.3 is 4.57 Å². The van der Waals surface area contributed by atoms with Crippen molar-refractivity contribution in [3.63, 3.8) is 0 Å². The average molecular weight is 236 g/mol. The van der Waals surface area contributed by atoms with Gasteiger partial charge >= 0.3 is 0 Å². The lowest BCUT2D eigenvalue weighted by Gasteiger charge is -2.05. The largest absolute Gasteiger partial charge is 0.341 e. The van der Waals surface area contributed by atoms with Gasteiger partial charge in [0.1, 0.15) is 0 Å². The van der Waals surface area contributed by atoms with E-state index in [2.05, 4.69) is 53.0 Å². The van der Waals surface area contributed by atoms with E-state index in [9.17, 15) is 0 Å². The van der Waals surface area contributed by atoms with Crippen LogP contribution in [0.15, 0.2) is 54.9 Å². The summed E-state index contributed by atoms with van der Waals surface area (Å²) in [5.74, 6) is 0. The molecule has 2 aromatic heterocycles. The van der Waals surface area contributed by atoms with Crippen molar-refractivity contribution >= 4 is 10.9 Å². The zero-order valence-corrected chi connectivity index (χ0v) is 10.5. The van der Waals surface area contributed by atoms with Gasteiger partial charge in [0.25, 0.3) is 0 Å². The van der Waals surface area contributed by atoms with Crippen LogP contribution in [0.5, 0.6) is 0 Å². The summed E-state index contributed by atoms with van der Waals surface area (Å²) in [5.41, 5.74) is 3.76. The summed E-state index contributed by atoms with van der Waals surface area (Å²) in [7, 11) is 0. The van der Waals surface area contributed by atoms with E-state index in [-0.39, 0.29) is 0 Å². The highest BCUT2D eigenvalue weighted by Crippen LogP contribution is 2.18. The molecule has 0 atom stereocenters. The first-order valence-corrected chi connectivity index (χ1v) is 6.34. The molecule has 2 heterocycles. The van der Waals surface area contributed by atoms with Crippen molar-refractivity contribution in [2.24, 2.45) is 0 Å². The number of rotatable bonds is 3. The molecule has 3 aromatic rings. The van der Waals surface area contributed by atoms with Crippen LogP contribution in [0.4, 0.5) is 0 Å². The third kappa shape index (κ3) is 2.02. The number of aromatic nitrogens is 2. The number of nitrogens with zero attached hydrogens (tertiary/aromatic N) is 2. The van der Waals surface area contributed by atoms with E-state index in [4.69, 9.17) is 0 Å². The van der Waals surface area contributed by atoms with Crippen LogP contribution in [-0.2, 0) is 13.0 Å². The Bertz CT molecular complexity index is 653. The Morgan fingerprint density at radius 3 is 2.83 bits per heavy atom. The van der Waals surface area contributed by atoms with Crippen LogP contribution in [0.2, 0.25) is 0 Å². The fourth-order valence-corrected chi connectivity index (χ4v) is 2.27. The van der Waals surface area contributed by atoms with E-state index in [0.717, 1.165) is 18.7 Å². The lowest BCUT2D eigenvalue weighted by Crippen LogP contribution is -1.99. The smallest absolute Gasteiger partial charge is 0.0648 e. The monoisotopic (exact) mass is 236 g/mol. The SMILES string of the molecule is CCc1ccc2c(ccn2Cc2ccccn2)c1. The molecule has 0 aliphatic rings. The predicted octanol–water partition coefficient (Wildman–Crippen LogP) is 3.65. The zero-order valence-electron chi connectivity index (χ0n) is 10.5. The molecular formula is C16H16N2. The van der Waals surface area contributed by atoms with E-state index in [1.807, 2.05) is 18.3 Å². The molecule has 90 valence electrons. The van der Waals surface area contributed by atoms with E-state index in [1.165, 1.54) is 16.5 Å². The third-order valence-corrected chi connectivity index (χ3v) is 3.30. The Balaban J connectivity index is 1.98. The number of hydrogen-bond donors (Lipinski definition) is 0. The van der Waals surface area contributed by atoms with Crippen LogP contribution < -0.4 is 0 Å². The van der Waals surface area contributed by atoms with Crippen LogP contribution >= 0.6 is 0 Å². The Morgan fingerprint density at radius 1 is 1.11 bits per heavy atom. The molecule has 2 nitrogen and oxygen atoms in total. The normalized spacial score (nSPS) is 10.9. The van der Waals surface area contributed by atoms with Gasteiger partial charge in [0.05, 0.1) is 12.2 Å². The van der Waals surface area contributed by atoms with E-state index >= 15 is 0 Å². The van der Waals surface area contributed by atoms with Crippen molar-refractivity contribution in [2.75, 3.05) is 0 Å². The summed E-state index contributed by atoms with van der Waals surface area (Å²) in [6.45, 7) is 3.02. The standard InChI is InChI=1S/C16H16N2/c1-2-13-6-7-16-14(11-13)8-10-18(16)12-15-5-3-4-9-17-15/h3-11H,2,12H2,1H3. The van der Waals surface area contributed by atoms with Crippen LogP contribution in [0.3, 0.4) is 0 Å². The van der Waals surface area contributed by atoms with Gasteiger partial charge in [-0.05, 0) is 47.7 Å². The van der Waals surface area contributed by atoms with Gasteiger partial charge in [0.15, 0.2) is 0 Å². The van der Waals surface area contributed by atoms with Crippen molar-refractivity contribution in [1.29, 1.82) is 0 Å². The second-order valence-electron chi connectivity index (χ2n) is 4.51. The number of pyridine rings is 1. The van der Waals surface area contributed by atoms with E-state index in [1.54, 1.807) is 0 Å². The lowest BCUT2D eigenvalue weighted by atomic mass is 10.1. The van der Waals surface area contributed by atoms with Crippen LogP contribution in [0.1, 0.15) is 18.2 Å². The predicted molar refractivity (Wildman–Crippen MR) is 74.7 cm³/mol. The summed E-state index contributed by atoms with van der Waals surface area (Å²) < 4.78 is 2.25. The molecule has 0 spiro atoms. The summed E-state index contributed by atoms with van der Waals surface area (Å²) >= 11 is 0. The molecule has 0 saturated heterocycles. The first-order valence-electron chi connectivity index (χ1n) is 6.34. The van der Waals surface area contributed by atoms with Crippen molar-refractivity contribution in [3.8, 4) is 0 Å². The first-order chi connectivity index (χ1) is 8.86. The van der Waals surface area contributed by atoms with Crippen molar-refractivity contribution in [2.45, 2.75) is 19.9 Å². The average Bonchev–Trinajstić information content (AvgIpc) is 2.82. The summed E-state index contributed by atoms with van der Waals surface area (Å²) in [5, 5.41) is 1.31. The van der Waals surface area contributed by atoms with Crippen LogP contribution in [0, 0.1) is 0 Å². The number of aryl methyl sites for hydroxylation is 1. The Kier molecular flexibility index (Phi) is 2.85. The molecule has 0 radical (unpaired) electrons. The molecule has 0 unspecified atom stereocenters. The Hall–Kier alpha value is -2.09. The zero-order chi connectivity index (χ0) is 12.4. The summed E-state index contributed by atoms with van der Waals surface area (Å²) in [4.78, 5) is 4.37. The van der Waals surface area contributed by atoms with E-state index < -0.39 is 0 Å². The van der Waals surface area contributed by atoms with Gasteiger partial charge in [-0.25, -0.2) is 0 Å². The molecular weight excluding hydrogens is 220 g/mol. The molecule has 18 heavy (non-hydrogen) atoms. The Morgan fingerprint density at radius 2 is 2.06 bits per heavy atom. The molecule has 0 saturated carbocycles. The maximum atomic E-state index is 4.37. The number of fused-ring (bicyclic) bond motifs is 1. The fourth-order valence-electron chi connectivity index (χ4n) is 2.27. The molecule has 0 aliphatic carbocycles. The summed E-state index contributed by atoms with van der Waals surface area (Å²) in [6, 6.07) is 14.9. The lowest BCUT2D eigenvalue weighted by molar-refractivity contribution is 0.807. The van der Waals surface area contributed by atoms with Gasteiger partial charge in [-0.2, -0.15) is 0 Å². The molecule has 2 heteroatoms. The van der Waals surface area contributed by atoms with Crippen molar-refractivity contribution in [1.82, 2.24) is 9.55 Å². The minimum Gasteiger partial charge on any atom is -0.341 e. The van der Waals surface area contributed by atoms with Crippen LogP contribution in [-0.4, -0.2) is 9.55 Å². The third-order valence-electron chi connectivity index (χ3n) is 3.30. The molecule has 0 bridgehead atoms. The maximum absolute atomic E-state index is 4.37. The highest BCUT2D eigenvalue weighted by Gasteiger charge is 2.02. The highest BCUT2D eigenvalue weighted by molar-refractivity contribution is 5.81. The second kappa shape index (κ2) is 4.65. The van der Waals surface area contributed by atoms with Gasteiger partial charge in [0.2, 0.25) is 0 Å². The Labute approximate surface area is 107 Å². The van der Waals surface area contributed by atoms with Gasteiger partial charge in [-0.15, -0.1) is 0 Å². The maximum Gasteiger partial charge on any atom is 0.0648 e. The topological polar surface area (TPSA) is 17.8 Å². The van der Waals surface area contributed by atoms with E-state index in [0.29, 0.717) is 0 Å². The number of benzene rings is 1. The van der Waals surface area contributed by atoms with Gasteiger partial charge in [-0.3, -0.25) is 4.98 Å². The fraction of sp³-hybridized carbons (Fsp3) is 0.188. The van der Waals surface area contributed by atoms with Crippen molar-refractivity contribution in [3.05, 3.63) is 66.1 Å². The number of hydrogen-bond acceptors (Lipinski definition) is 1. The molecule has 0 fully saturated rings. The van der Waals surface area contributed by atoms with Crippen molar-refractivity contribution < 1.29 is 0 Å². The summed E-state index contributed by atoms with van der Waals surface area (Å²) in [6.07, 6.45) is 5.07. The quantitative estimate of drug-likeness (QED) is 0.678. The second-order valence-corrected chi connectivity index (χ2v) is 4.51. The molecule has 1 aromatic carbocycles. The highest BCUT2D eigenvalue weighted by atomic mass is 15.0. The first kappa shape index (κ1) is 11.0. The molecule has 3 rings (SSSR count). The van der Waals surface area contributed by atoms with Gasteiger partial charge in [0, 0.05) is 17.9 Å². The van der Waals surface area contributed by atoms with Crippen LogP contribution in [0.25, 0.3) is 10.9 Å². The molecule has 0 amide bonds. The minimum atomic E-state index is 0.829. The molecule has 0 aliphatic heterocycles. The van der Waals surface area contributed by atoms with Gasteiger partial charge in [-0.1, -0.05) is 19.1 Å². The molecule has 0 N–H and O–H groups in total.